The Morgan fingerprint density at radius 3 is 1.26 bits per heavy atom. The average molecular weight is 519 g/mol. The molecule has 1 rings (SSSR count). The summed E-state index contributed by atoms with van der Waals surface area (Å²) in [5, 5.41) is 25.4. The van der Waals surface area contributed by atoms with Crippen molar-refractivity contribution in [2.75, 3.05) is 27.3 Å². The molecule has 196 valence electrons. The van der Waals surface area contributed by atoms with E-state index in [2.05, 4.69) is 10.6 Å². The molecule has 10 nitrogen and oxygen atoms in total. The van der Waals surface area contributed by atoms with Crippen molar-refractivity contribution in [1.29, 1.82) is 0 Å². The average Bonchev–Trinajstić information content (AvgIpc) is 2.73. The summed E-state index contributed by atoms with van der Waals surface area (Å²) in [6.45, 7) is 11.3. The molecule has 34 heavy (non-hydrogen) atoms. The number of hydrogen-bond donors (Lipinski definition) is 4. The van der Waals surface area contributed by atoms with Gasteiger partial charge >= 0.3 is 11.9 Å². The molecule has 0 radical (unpaired) electrons. The van der Waals surface area contributed by atoms with Gasteiger partial charge in [-0.25, -0.2) is 0 Å². The molecule has 0 aromatic heterocycles. The highest BCUT2D eigenvalue weighted by atomic mass is 28.4. The molecular weight excluding hydrogens is 476 g/mol. The molecule has 12 heteroatoms. The minimum atomic E-state index is -1.84. The predicted octanol–water partition coefficient (Wildman–Crippen LogP) is 2.13. The molecule has 0 atom stereocenters. The van der Waals surface area contributed by atoms with E-state index in [1.54, 1.807) is 14.2 Å². The SMILES string of the molecule is CO[Si](C)(C)CCCNC(=O)C1C(C)(C(=O)O)C(C(=O)NCCC[Si](C)(C)OC)C1(C)C(=O)O. The molecule has 4 N–H and O–H groups in total. The quantitative estimate of drug-likeness (QED) is 0.202. The monoisotopic (exact) mass is 518 g/mol. The van der Waals surface area contributed by atoms with Crippen molar-refractivity contribution in [3.8, 4) is 0 Å². The first-order valence-corrected chi connectivity index (χ1v) is 17.9. The van der Waals surface area contributed by atoms with Crippen LogP contribution in [-0.2, 0) is 28.0 Å². The third-order valence-electron chi connectivity index (χ3n) is 7.46. The lowest BCUT2D eigenvalue weighted by Gasteiger charge is -2.59. The van der Waals surface area contributed by atoms with Crippen LogP contribution in [0.3, 0.4) is 0 Å². The number of nitrogens with one attached hydrogen (secondary N) is 2. The molecule has 0 heterocycles. The summed E-state index contributed by atoms with van der Waals surface area (Å²) in [5.74, 6) is -6.84. The van der Waals surface area contributed by atoms with E-state index >= 15 is 0 Å². The van der Waals surface area contributed by atoms with E-state index in [1.165, 1.54) is 13.8 Å². The molecule has 0 aliphatic heterocycles. The van der Waals surface area contributed by atoms with Gasteiger partial charge < -0.3 is 29.7 Å². The van der Waals surface area contributed by atoms with E-state index in [0.29, 0.717) is 12.8 Å². The van der Waals surface area contributed by atoms with Crippen LogP contribution in [0.15, 0.2) is 0 Å². The molecule has 0 unspecified atom stereocenters. The van der Waals surface area contributed by atoms with Crippen LogP contribution in [0.4, 0.5) is 0 Å². The smallest absolute Gasteiger partial charge is 0.311 e. The van der Waals surface area contributed by atoms with E-state index in [9.17, 15) is 29.4 Å². The molecular formula is C22H42N2O8Si2. The minimum Gasteiger partial charge on any atom is -0.481 e. The van der Waals surface area contributed by atoms with E-state index < -0.39 is 63.1 Å². The Hall–Kier alpha value is -1.77. The summed E-state index contributed by atoms with van der Waals surface area (Å²) in [6.07, 6.45) is 1.26. The van der Waals surface area contributed by atoms with Crippen molar-refractivity contribution in [1.82, 2.24) is 10.6 Å². The highest BCUT2D eigenvalue weighted by Gasteiger charge is 2.78. The maximum Gasteiger partial charge on any atom is 0.311 e. The Balaban J connectivity index is 2.99. The van der Waals surface area contributed by atoms with Crippen LogP contribution in [0.1, 0.15) is 26.7 Å². The van der Waals surface area contributed by atoms with Crippen molar-refractivity contribution < 1.29 is 38.2 Å². The first kappa shape index (κ1) is 30.3. The van der Waals surface area contributed by atoms with E-state index in [1.807, 2.05) is 26.2 Å². The Bertz CT molecular complexity index is 715. The largest absolute Gasteiger partial charge is 0.481 e. The molecule has 2 amide bonds. The fraction of sp³-hybridized carbons (Fsp3) is 0.818. The zero-order chi connectivity index (χ0) is 26.5. The summed E-state index contributed by atoms with van der Waals surface area (Å²) in [4.78, 5) is 50.6. The highest BCUT2D eigenvalue weighted by molar-refractivity contribution is 6.71. The van der Waals surface area contributed by atoms with Crippen LogP contribution < -0.4 is 10.6 Å². The summed E-state index contributed by atoms with van der Waals surface area (Å²) in [7, 11) is -0.327. The normalized spacial score (nSPS) is 26.9. The van der Waals surface area contributed by atoms with Gasteiger partial charge in [-0.15, -0.1) is 0 Å². The standard InChI is InChI=1S/C22H42N2O8Si2/c1-21(19(27)28)15(17(25)23-11-9-13-33(5,6)31-3)22(2,20(29)30)16(21)18(26)24-12-10-14-34(7,8)32-4/h15-16H,9-14H2,1-8H3,(H,23,25)(H,24,26)(H,27,28)(H,29,30). The van der Waals surface area contributed by atoms with E-state index in [4.69, 9.17) is 8.85 Å². The van der Waals surface area contributed by atoms with Gasteiger partial charge in [-0.05, 0) is 65.0 Å². The molecule has 1 aliphatic rings. The van der Waals surface area contributed by atoms with Crippen molar-refractivity contribution >= 4 is 40.4 Å². The van der Waals surface area contributed by atoms with Gasteiger partial charge in [-0.1, -0.05) is 0 Å². The Kier molecular flexibility index (Phi) is 10.1. The fourth-order valence-corrected chi connectivity index (χ4v) is 7.39. The van der Waals surface area contributed by atoms with Crippen LogP contribution in [-0.4, -0.2) is 77.9 Å². The van der Waals surface area contributed by atoms with Crippen LogP contribution in [0, 0.1) is 22.7 Å². The van der Waals surface area contributed by atoms with Gasteiger partial charge in [0.05, 0.1) is 22.7 Å². The van der Waals surface area contributed by atoms with Gasteiger partial charge in [0.15, 0.2) is 16.6 Å². The predicted molar refractivity (Wildman–Crippen MR) is 132 cm³/mol. The van der Waals surface area contributed by atoms with Crippen molar-refractivity contribution in [3.63, 3.8) is 0 Å². The summed E-state index contributed by atoms with van der Waals surface area (Å²) in [6, 6.07) is 1.57. The van der Waals surface area contributed by atoms with E-state index in [-0.39, 0.29) is 13.1 Å². The van der Waals surface area contributed by atoms with E-state index in [0.717, 1.165) is 12.1 Å². The molecule has 1 aliphatic carbocycles. The second-order valence-electron chi connectivity index (χ2n) is 10.8. The third kappa shape index (κ3) is 6.26. The first-order valence-electron chi connectivity index (χ1n) is 11.6. The number of carbonyl (C=O) groups is 4. The Labute approximate surface area is 204 Å². The number of hydrogen-bond acceptors (Lipinski definition) is 6. The zero-order valence-corrected chi connectivity index (χ0v) is 23.7. The third-order valence-corrected chi connectivity index (χ3v) is 12.8. The molecule has 0 aromatic carbocycles. The summed E-state index contributed by atoms with van der Waals surface area (Å²) < 4.78 is 11.0. The summed E-state index contributed by atoms with van der Waals surface area (Å²) >= 11 is 0. The van der Waals surface area contributed by atoms with Gasteiger partial charge in [0.1, 0.15) is 0 Å². The number of aliphatic carboxylic acids is 2. The van der Waals surface area contributed by atoms with Gasteiger partial charge in [0.2, 0.25) is 11.8 Å². The molecule has 0 saturated heterocycles. The van der Waals surface area contributed by atoms with Gasteiger partial charge in [0, 0.05) is 27.3 Å². The first-order chi connectivity index (χ1) is 15.5. The van der Waals surface area contributed by atoms with Gasteiger partial charge in [0.25, 0.3) is 0 Å². The lowest BCUT2D eigenvalue weighted by Crippen LogP contribution is -2.75. The van der Waals surface area contributed by atoms with Crippen LogP contribution in [0.25, 0.3) is 0 Å². The van der Waals surface area contributed by atoms with Gasteiger partial charge in [-0.2, -0.15) is 0 Å². The lowest BCUT2D eigenvalue weighted by molar-refractivity contribution is -0.219. The Morgan fingerprint density at radius 2 is 1.03 bits per heavy atom. The van der Waals surface area contributed by atoms with Crippen LogP contribution >= 0.6 is 0 Å². The van der Waals surface area contributed by atoms with Crippen LogP contribution in [0.2, 0.25) is 38.3 Å². The second kappa shape index (κ2) is 11.3. The maximum atomic E-state index is 13.0. The highest BCUT2D eigenvalue weighted by Crippen LogP contribution is 2.64. The Morgan fingerprint density at radius 1 is 0.735 bits per heavy atom. The molecule has 1 saturated carbocycles. The van der Waals surface area contributed by atoms with Crippen molar-refractivity contribution in [2.45, 2.75) is 65.0 Å². The van der Waals surface area contributed by atoms with Crippen molar-refractivity contribution in [2.24, 2.45) is 22.7 Å². The topological polar surface area (TPSA) is 151 Å². The number of rotatable bonds is 14. The zero-order valence-electron chi connectivity index (χ0n) is 21.7. The second-order valence-corrected chi connectivity index (χ2v) is 19.6. The molecule has 0 aromatic rings. The molecule has 1 fully saturated rings. The molecule has 0 bridgehead atoms. The number of carbonyl (C=O) groups excluding carboxylic acids is 2. The number of carboxylic acids is 2. The molecule has 0 spiro atoms. The maximum absolute atomic E-state index is 13.0. The van der Waals surface area contributed by atoms with Crippen molar-refractivity contribution in [3.05, 3.63) is 0 Å². The van der Waals surface area contributed by atoms with Gasteiger partial charge in [-0.3, -0.25) is 19.2 Å². The lowest BCUT2D eigenvalue weighted by atomic mass is 9.39. The number of amides is 2. The summed E-state index contributed by atoms with van der Waals surface area (Å²) in [5.41, 5.74) is -3.69. The fourth-order valence-electron chi connectivity index (χ4n) is 4.93. The number of carboxylic acid groups (broad SMARTS) is 2. The van der Waals surface area contributed by atoms with Crippen LogP contribution in [0.5, 0.6) is 0 Å². The minimum absolute atomic E-state index is 0.274.